The van der Waals surface area contributed by atoms with E-state index in [-0.39, 0.29) is 0 Å². The van der Waals surface area contributed by atoms with Crippen molar-refractivity contribution in [1.82, 2.24) is 20.2 Å². The quantitative estimate of drug-likeness (QED) is 0.618. The number of hydrogen-bond donors (Lipinski definition) is 3. The lowest BCUT2D eigenvalue weighted by Gasteiger charge is -2.04. The average Bonchev–Trinajstić information content (AvgIpc) is 2.73. The maximum atomic E-state index is 5.74. The largest absolute Gasteiger partial charge is 0.382 e. The number of H-pyrrole nitrogens is 1. The Hall–Kier alpha value is -2.63. The van der Waals surface area contributed by atoms with Crippen molar-refractivity contribution >= 4 is 28.2 Å². The number of anilines is 3. The number of hydrogen-bond acceptors (Lipinski definition) is 5. The lowest BCUT2D eigenvalue weighted by Crippen LogP contribution is -1.93. The molecule has 4 N–H and O–H groups in total. The van der Waals surface area contributed by atoms with Crippen LogP contribution in [-0.4, -0.2) is 20.2 Å². The number of benzene rings is 1. The van der Waals surface area contributed by atoms with Crippen molar-refractivity contribution in [1.29, 1.82) is 0 Å². The van der Waals surface area contributed by atoms with Gasteiger partial charge in [-0.15, -0.1) is 0 Å². The van der Waals surface area contributed by atoms with Gasteiger partial charge in [0.2, 0.25) is 0 Å². The highest BCUT2D eigenvalue weighted by atomic mass is 15.1. The zero-order valence-corrected chi connectivity index (χ0v) is 8.88. The molecule has 2 aromatic heterocycles. The number of fused-ring (bicyclic) bond motifs is 1. The zero-order valence-electron chi connectivity index (χ0n) is 8.88. The molecule has 0 bridgehead atoms. The van der Waals surface area contributed by atoms with Crippen molar-refractivity contribution in [3.63, 3.8) is 0 Å². The van der Waals surface area contributed by atoms with Gasteiger partial charge in [-0.25, -0.2) is 9.97 Å². The Bertz CT molecular complexity index is 645. The SMILES string of the molecule is Nc1n[nH]c2ccc(Nc3ccncn3)cc12. The van der Waals surface area contributed by atoms with Gasteiger partial charge in [0.1, 0.15) is 12.1 Å². The molecule has 0 fully saturated rings. The summed E-state index contributed by atoms with van der Waals surface area (Å²) in [5.74, 6) is 1.23. The molecule has 6 heteroatoms. The van der Waals surface area contributed by atoms with E-state index in [0.29, 0.717) is 5.82 Å². The van der Waals surface area contributed by atoms with Crippen molar-refractivity contribution in [3.8, 4) is 0 Å². The molecule has 0 spiro atoms. The maximum Gasteiger partial charge on any atom is 0.153 e. The van der Waals surface area contributed by atoms with Gasteiger partial charge in [-0.1, -0.05) is 0 Å². The standard InChI is InChI=1S/C11H10N6/c12-11-8-5-7(1-2-9(8)16-17-11)15-10-3-4-13-6-14-10/h1-6H,(H3,12,16,17)(H,13,14,15). The molecule has 2 heterocycles. The molecule has 0 aliphatic carbocycles. The summed E-state index contributed by atoms with van der Waals surface area (Å²) in [7, 11) is 0. The smallest absolute Gasteiger partial charge is 0.153 e. The average molecular weight is 226 g/mol. The molecule has 84 valence electrons. The third-order valence-electron chi connectivity index (χ3n) is 2.45. The van der Waals surface area contributed by atoms with Crippen LogP contribution in [-0.2, 0) is 0 Å². The van der Waals surface area contributed by atoms with E-state index in [0.717, 1.165) is 22.4 Å². The molecule has 3 aromatic rings. The molecule has 6 nitrogen and oxygen atoms in total. The molecular formula is C11H10N6. The summed E-state index contributed by atoms with van der Waals surface area (Å²) in [6, 6.07) is 7.57. The Labute approximate surface area is 96.9 Å². The molecular weight excluding hydrogens is 216 g/mol. The van der Waals surface area contributed by atoms with E-state index < -0.39 is 0 Å². The molecule has 3 rings (SSSR count). The van der Waals surface area contributed by atoms with Gasteiger partial charge in [0.15, 0.2) is 5.82 Å². The van der Waals surface area contributed by atoms with Gasteiger partial charge in [-0.2, -0.15) is 5.10 Å². The van der Waals surface area contributed by atoms with Crippen LogP contribution in [0, 0.1) is 0 Å². The number of aromatic amines is 1. The van der Waals surface area contributed by atoms with E-state index in [4.69, 9.17) is 5.73 Å². The van der Waals surface area contributed by atoms with E-state index in [1.807, 2.05) is 18.2 Å². The predicted molar refractivity (Wildman–Crippen MR) is 65.8 cm³/mol. The third kappa shape index (κ3) is 1.76. The van der Waals surface area contributed by atoms with E-state index in [9.17, 15) is 0 Å². The van der Waals surface area contributed by atoms with Crippen LogP contribution in [0.25, 0.3) is 10.9 Å². The fourth-order valence-corrected chi connectivity index (χ4v) is 1.62. The monoisotopic (exact) mass is 226 g/mol. The first-order valence-electron chi connectivity index (χ1n) is 5.09. The molecule has 0 saturated heterocycles. The van der Waals surface area contributed by atoms with Crippen LogP contribution < -0.4 is 11.1 Å². The van der Waals surface area contributed by atoms with Gasteiger partial charge in [0.05, 0.1) is 5.52 Å². The van der Waals surface area contributed by atoms with Gasteiger partial charge >= 0.3 is 0 Å². The summed E-state index contributed by atoms with van der Waals surface area (Å²) >= 11 is 0. The van der Waals surface area contributed by atoms with Crippen LogP contribution in [0.3, 0.4) is 0 Å². The second-order valence-corrected chi connectivity index (χ2v) is 3.59. The molecule has 0 radical (unpaired) electrons. The van der Waals surface area contributed by atoms with E-state index >= 15 is 0 Å². The molecule has 0 aliphatic rings. The highest BCUT2D eigenvalue weighted by Gasteiger charge is 2.03. The van der Waals surface area contributed by atoms with Gasteiger partial charge in [-0.05, 0) is 24.3 Å². The van der Waals surface area contributed by atoms with Crippen LogP contribution in [0.4, 0.5) is 17.3 Å². The maximum absolute atomic E-state index is 5.74. The second kappa shape index (κ2) is 3.75. The number of nitrogens with zero attached hydrogens (tertiary/aromatic N) is 3. The van der Waals surface area contributed by atoms with Crippen molar-refractivity contribution in [3.05, 3.63) is 36.8 Å². The Morgan fingerprint density at radius 1 is 1.24 bits per heavy atom. The first-order chi connectivity index (χ1) is 8.33. The van der Waals surface area contributed by atoms with Crippen molar-refractivity contribution in [2.45, 2.75) is 0 Å². The highest BCUT2D eigenvalue weighted by molar-refractivity contribution is 5.91. The number of rotatable bonds is 2. The third-order valence-corrected chi connectivity index (χ3v) is 2.45. The van der Waals surface area contributed by atoms with Gasteiger partial charge < -0.3 is 11.1 Å². The first-order valence-corrected chi connectivity index (χ1v) is 5.09. The van der Waals surface area contributed by atoms with Crippen LogP contribution in [0.2, 0.25) is 0 Å². The fraction of sp³-hybridized carbons (Fsp3) is 0. The topological polar surface area (TPSA) is 92.5 Å². The van der Waals surface area contributed by atoms with Gasteiger partial charge in [0.25, 0.3) is 0 Å². The summed E-state index contributed by atoms with van der Waals surface area (Å²) in [5, 5.41) is 10.9. The number of nitrogen functional groups attached to an aromatic ring is 1. The molecule has 17 heavy (non-hydrogen) atoms. The van der Waals surface area contributed by atoms with Crippen LogP contribution >= 0.6 is 0 Å². The predicted octanol–water partition coefficient (Wildman–Crippen LogP) is 1.68. The van der Waals surface area contributed by atoms with Gasteiger partial charge in [-0.3, -0.25) is 5.10 Å². The summed E-state index contributed by atoms with van der Waals surface area (Å²) in [6.07, 6.45) is 3.17. The first kappa shape index (κ1) is 9.59. The van der Waals surface area contributed by atoms with E-state index in [1.165, 1.54) is 6.33 Å². The molecule has 0 unspecified atom stereocenters. The second-order valence-electron chi connectivity index (χ2n) is 3.59. The minimum Gasteiger partial charge on any atom is -0.382 e. The van der Waals surface area contributed by atoms with Gasteiger partial charge in [0, 0.05) is 17.3 Å². The highest BCUT2D eigenvalue weighted by Crippen LogP contribution is 2.23. The summed E-state index contributed by atoms with van der Waals surface area (Å²) < 4.78 is 0. The Morgan fingerprint density at radius 2 is 2.18 bits per heavy atom. The molecule has 1 aromatic carbocycles. The zero-order chi connectivity index (χ0) is 11.7. The number of aromatic nitrogens is 4. The van der Waals surface area contributed by atoms with Crippen molar-refractivity contribution < 1.29 is 0 Å². The Balaban J connectivity index is 1.98. The fourth-order valence-electron chi connectivity index (χ4n) is 1.62. The molecule has 0 saturated carbocycles. The van der Waals surface area contributed by atoms with E-state index in [1.54, 1.807) is 12.3 Å². The summed E-state index contributed by atoms with van der Waals surface area (Å²) in [5.41, 5.74) is 7.56. The van der Waals surface area contributed by atoms with E-state index in [2.05, 4.69) is 25.5 Å². The Morgan fingerprint density at radius 3 is 3.00 bits per heavy atom. The van der Waals surface area contributed by atoms with Crippen molar-refractivity contribution in [2.24, 2.45) is 0 Å². The van der Waals surface area contributed by atoms with Crippen LogP contribution in [0.15, 0.2) is 36.8 Å². The molecule has 0 atom stereocenters. The lowest BCUT2D eigenvalue weighted by molar-refractivity contribution is 1.13. The van der Waals surface area contributed by atoms with Crippen LogP contribution in [0.5, 0.6) is 0 Å². The van der Waals surface area contributed by atoms with Crippen molar-refractivity contribution in [2.75, 3.05) is 11.1 Å². The Kier molecular flexibility index (Phi) is 2.11. The molecule has 0 aliphatic heterocycles. The normalized spacial score (nSPS) is 10.6. The van der Waals surface area contributed by atoms with Crippen LogP contribution in [0.1, 0.15) is 0 Å². The summed E-state index contributed by atoms with van der Waals surface area (Å²) in [4.78, 5) is 7.94. The number of nitrogens with two attached hydrogens (primary N) is 1. The minimum absolute atomic E-state index is 0.492. The molecule has 0 amide bonds. The minimum atomic E-state index is 0.492. The lowest BCUT2D eigenvalue weighted by atomic mass is 10.2. The number of nitrogens with one attached hydrogen (secondary N) is 2. The summed E-state index contributed by atoms with van der Waals surface area (Å²) in [6.45, 7) is 0.